The summed E-state index contributed by atoms with van der Waals surface area (Å²) in [5.74, 6) is 0.497. The third-order valence-corrected chi connectivity index (χ3v) is 4.95. The average Bonchev–Trinajstić information content (AvgIpc) is 3.27. The minimum absolute atomic E-state index is 0.0409. The fourth-order valence-corrected chi connectivity index (χ4v) is 3.69. The van der Waals surface area contributed by atoms with E-state index in [2.05, 4.69) is 5.32 Å². The Labute approximate surface area is 120 Å². The van der Waals surface area contributed by atoms with Crippen molar-refractivity contribution in [2.45, 2.75) is 69.7 Å². The van der Waals surface area contributed by atoms with Gasteiger partial charge in [0.15, 0.2) is 0 Å². The first-order chi connectivity index (χ1) is 9.61. The van der Waals surface area contributed by atoms with Crippen molar-refractivity contribution in [1.29, 1.82) is 0 Å². The number of hydrogen-bond acceptors (Lipinski definition) is 3. The maximum Gasteiger partial charge on any atom is 0.245 e. The van der Waals surface area contributed by atoms with E-state index in [1.54, 1.807) is 14.0 Å². The predicted octanol–water partition coefficient (Wildman–Crippen LogP) is 1.07. The Kier molecular flexibility index (Phi) is 3.71. The van der Waals surface area contributed by atoms with Gasteiger partial charge in [0, 0.05) is 13.2 Å². The Bertz CT molecular complexity index is 408. The molecule has 1 N–H and O–H groups in total. The van der Waals surface area contributed by atoms with Crippen LogP contribution in [0.3, 0.4) is 0 Å². The highest BCUT2D eigenvalue weighted by atomic mass is 16.5. The van der Waals surface area contributed by atoms with Crippen LogP contribution >= 0.6 is 0 Å². The van der Waals surface area contributed by atoms with Gasteiger partial charge in [0.2, 0.25) is 11.8 Å². The number of piperazine rings is 1. The van der Waals surface area contributed by atoms with E-state index in [1.165, 1.54) is 0 Å². The maximum atomic E-state index is 12.6. The van der Waals surface area contributed by atoms with Crippen LogP contribution in [0.25, 0.3) is 0 Å². The van der Waals surface area contributed by atoms with Gasteiger partial charge in [0.1, 0.15) is 12.1 Å². The summed E-state index contributed by atoms with van der Waals surface area (Å²) in [6.45, 7) is 1.78. The monoisotopic (exact) mass is 280 g/mol. The van der Waals surface area contributed by atoms with Crippen molar-refractivity contribution >= 4 is 11.8 Å². The molecule has 1 saturated heterocycles. The third kappa shape index (κ3) is 2.43. The molecule has 3 fully saturated rings. The van der Waals surface area contributed by atoms with Gasteiger partial charge >= 0.3 is 0 Å². The van der Waals surface area contributed by atoms with E-state index < -0.39 is 0 Å². The predicted molar refractivity (Wildman–Crippen MR) is 74.0 cm³/mol. The van der Waals surface area contributed by atoms with Crippen LogP contribution in [0.1, 0.15) is 45.4 Å². The normalized spacial score (nSPS) is 38.8. The smallest absolute Gasteiger partial charge is 0.245 e. The summed E-state index contributed by atoms with van der Waals surface area (Å²) in [5, 5.41) is 2.83. The second-order valence-electron chi connectivity index (χ2n) is 6.44. The van der Waals surface area contributed by atoms with E-state index >= 15 is 0 Å². The molecule has 0 spiro atoms. The molecule has 3 aliphatic rings. The van der Waals surface area contributed by atoms with Gasteiger partial charge in [-0.05, 0) is 51.4 Å². The molecule has 5 nitrogen and oxygen atoms in total. The standard InChI is InChI=1S/C15H24N2O3/c1-9-15(19)17(11-4-3-5-12(8-11)20-2)13(10-6-7-10)14(18)16-9/h9-13H,3-8H2,1-2H3,(H,16,18). The Morgan fingerprint density at radius 2 is 1.95 bits per heavy atom. The van der Waals surface area contributed by atoms with Crippen LogP contribution in [-0.2, 0) is 14.3 Å². The van der Waals surface area contributed by atoms with Gasteiger partial charge in [-0.2, -0.15) is 0 Å². The molecule has 20 heavy (non-hydrogen) atoms. The van der Waals surface area contributed by atoms with Crippen LogP contribution in [0.5, 0.6) is 0 Å². The van der Waals surface area contributed by atoms with Crippen LogP contribution in [0.15, 0.2) is 0 Å². The Balaban J connectivity index is 1.82. The average molecular weight is 280 g/mol. The zero-order valence-corrected chi connectivity index (χ0v) is 12.3. The number of carbonyl (C=O) groups excluding carboxylic acids is 2. The molecule has 0 aromatic heterocycles. The van der Waals surface area contributed by atoms with Crippen LogP contribution in [0.4, 0.5) is 0 Å². The summed E-state index contributed by atoms with van der Waals surface area (Å²) < 4.78 is 5.47. The van der Waals surface area contributed by atoms with E-state index in [0.717, 1.165) is 38.5 Å². The molecule has 4 atom stereocenters. The molecule has 3 rings (SSSR count). The van der Waals surface area contributed by atoms with E-state index in [1.807, 2.05) is 4.90 Å². The van der Waals surface area contributed by atoms with Crippen molar-refractivity contribution in [1.82, 2.24) is 10.2 Å². The lowest BCUT2D eigenvalue weighted by atomic mass is 9.88. The second-order valence-corrected chi connectivity index (χ2v) is 6.44. The van der Waals surface area contributed by atoms with Gasteiger partial charge in [-0.15, -0.1) is 0 Å². The molecule has 4 unspecified atom stereocenters. The molecule has 112 valence electrons. The molecule has 2 aliphatic carbocycles. The van der Waals surface area contributed by atoms with Crippen molar-refractivity contribution in [3.63, 3.8) is 0 Å². The summed E-state index contributed by atoms with van der Waals surface area (Å²) in [5.41, 5.74) is 0. The van der Waals surface area contributed by atoms with Crippen LogP contribution in [0, 0.1) is 5.92 Å². The largest absolute Gasteiger partial charge is 0.381 e. The Morgan fingerprint density at radius 1 is 1.20 bits per heavy atom. The van der Waals surface area contributed by atoms with Crippen molar-refractivity contribution in [3.8, 4) is 0 Å². The first-order valence-electron chi connectivity index (χ1n) is 7.77. The molecule has 5 heteroatoms. The van der Waals surface area contributed by atoms with Crippen LogP contribution in [0.2, 0.25) is 0 Å². The molecule has 1 aliphatic heterocycles. The minimum Gasteiger partial charge on any atom is -0.381 e. The molecule has 2 amide bonds. The number of rotatable bonds is 3. The highest BCUT2D eigenvalue weighted by Crippen LogP contribution is 2.39. The van der Waals surface area contributed by atoms with Crippen molar-refractivity contribution in [2.75, 3.05) is 7.11 Å². The fourth-order valence-electron chi connectivity index (χ4n) is 3.69. The molecule has 0 radical (unpaired) electrons. The Hall–Kier alpha value is -1.10. The molecule has 0 bridgehead atoms. The summed E-state index contributed by atoms with van der Waals surface area (Å²) in [7, 11) is 1.73. The number of carbonyl (C=O) groups is 2. The fraction of sp³-hybridized carbons (Fsp3) is 0.867. The molecule has 2 saturated carbocycles. The van der Waals surface area contributed by atoms with Gasteiger partial charge in [-0.1, -0.05) is 0 Å². The molecule has 0 aromatic rings. The molecular formula is C15H24N2O3. The summed E-state index contributed by atoms with van der Waals surface area (Å²) in [6, 6.07) is -0.458. The number of hydrogen-bond donors (Lipinski definition) is 1. The highest BCUT2D eigenvalue weighted by Gasteiger charge is 2.49. The van der Waals surface area contributed by atoms with Crippen molar-refractivity contribution < 1.29 is 14.3 Å². The lowest BCUT2D eigenvalue weighted by Crippen LogP contribution is -2.66. The third-order valence-electron chi connectivity index (χ3n) is 4.95. The SMILES string of the molecule is COC1CCCC(N2C(=O)C(C)NC(=O)C2C2CC2)C1. The van der Waals surface area contributed by atoms with Gasteiger partial charge in [0.05, 0.1) is 6.10 Å². The van der Waals surface area contributed by atoms with E-state index in [0.29, 0.717) is 5.92 Å². The summed E-state index contributed by atoms with van der Waals surface area (Å²) >= 11 is 0. The van der Waals surface area contributed by atoms with Gasteiger partial charge in [-0.3, -0.25) is 9.59 Å². The van der Waals surface area contributed by atoms with E-state index in [4.69, 9.17) is 4.74 Å². The van der Waals surface area contributed by atoms with Gasteiger partial charge in [0.25, 0.3) is 0 Å². The lowest BCUT2D eigenvalue weighted by molar-refractivity contribution is -0.154. The maximum absolute atomic E-state index is 12.6. The molecule has 1 heterocycles. The quantitative estimate of drug-likeness (QED) is 0.841. The number of methoxy groups -OCH3 is 1. The van der Waals surface area contributed by atoms with E-state index in [-0.39, 0.29) is 36.0 Å². The number of nitrogens with one attached hydrogen (secondary N) is 1. The molecule has 0 aromatic carbocycles. The lowest BCUT2D eigenvalue weighted by Gasteiger charge is -2.45. The van der Waals surface area contributed by atoms with Gasteiger partial charge in [-0.25, -0.2) is 0 Å². The number of amides is 2. The summed E-state index contributed by atoms with van der Waals surface area (Å²) in [4.78, 5) is 26.8. The minimum atomic E-state index is -0.388. The Morgan fingerprint density at radius 3 is 2.60 bits per heavy atom. The van der Waals surface area contributed by atoms with Gasteiger partial charge < -0.3 is 15.0 Å². The zero-order chi connectivity index (χ0) is 14.3. The zero-order valence-electron chi connectivity index (χ0n) is 12.3. The van der Waals surface area contributed by atoms with Crippen LogP contribution < -0.4 is 5.32 Å². The topological polar surface area (TPSA) is 58.6 Å². The number of nitrogens with zero attached hydrogens (tertiary/aromatic N) is 1. The first-order valence-corrected chi connectivity index (χ1v) is 7.77. The van der Waals surface area contributed by atoms with Crippen molar-refractivity contribution in [3.05, 3.63) is 0 Å². The number of ether oxygens (including phenoxy) is 1. The molecular weight excluding hydrogens is 256 g/mol. The highest BCUT2D eigenvalue weighted by molar-refractivity contribution is 5.97. The first kappa shape index (κ1) is 13.9. The summed E-state index contributed by atoms with van der Waals surface area (Å²) in [6.07, 6.45) is 6.35. The van der Waals surface area contributed by atoms with E-state index in [9.17, 15) is 9.59 Å². The van der Waals surface area contributed by atoms with Crippen molar-refractivity contribution in [2.24, 2.45) is 5.92 Å². The van der Waals surface area contributed by atoms with Crippen LogP contribution in [-0.4, -0.2) is 48.1 Å². The second kappa shape index (κ2) is 5.35.